The lowest BCUT2D eigenvalue weighted by Gasteiger charge is -2.09. The Morgan fingerprint density at radius 3 is 2.45 bits per heavy atom. The number of sulfonamides is 1. The van der Waals surface area contributed by atoms with E-state index in [0.29, 0.717) is 12.1 Å². The van der Waals surface area contributed by atoms with E-state index in [0.717, 1.165) is 6.07 Å². The Balaban J connectivity index is 2.28. The number of benzene rings is 2. The Kier molecular flexibility index (Phi) is 4.49. The van der Waals surface area contributed by atoms with Crippen molar-refractivity contribution in [3.8, 4) is 6.07 Å². The molecule has 4 nitrogen and oxygen atoms in total. The van der Waals surface area contributed by atoms with Gasteiger partial charge in [-0.05, 0) is 30.3 Å². The van der Waals surface area contributed by atoms with Crippen molar-refractivity contribution in [1.29, 1.82) is 5.26 Å². The Labute approximate surface area is 124 Å². The van der Waals surface area contributed by atoms with Crippen LogP contribution in [0.25, 0.3) is 0 Å². The van der Waals surface area contributed by atoms with E-state index in [-0.39, 0.29) is 10.5 Å². The molecular weight excluding hydrogens is 317 g/mol. The molecule has 22 heavy (non-hydrogen) atoms. The zero-order valence-electron chi connectivity index (χ0n) is 11.0. The van der Waals surface area contributed by atoms with Crippen LogP contribution in [0.2, 0.25) is 0 Å². The second-order valence-corrected chi connectivity index (χ2v) is 6.05. The minimum atomic E-state index is -4.09. The topological polar surface area (TPSA) is 70.0 Å². The Hall–Kier alpha value is -2.37. The molecule has 1 N–H and O–H groups in total. The van der Waals surface area contributed by atoms with Gasteiger partial charge in [0, 0.05) is 12.1 Å². The summed E-state index contributed by atoms with van der Waals surface area (Å²) in [5.74, 6) is -3.79. The maximum Gasteiger partial charge on any atom is 0.240 e. The van der Waals surface area contributed by atoms with Crippen molar-refractivity contribution in [2.45, 2.75) is 11.4 Å². The fourth-order valence-electron chi connectivity index (χ4n) is 1.71. The molecule has 0 spiro atoms. The summed E-state index contributed by atoms with van der Waals surface area (Å²) in [6.07, 6.45) is 0. The van der Waals surface area contributed by atoms with Crippen molar-refractivity contribution >= 4 is 10.0 Å². The Morgan fingerprint density at radius 1 is 1.09 bits per heavy atom. The summed E-state index contributed by atoms with van der Waals surface area (Å²) in [4.78, 5) is -0.233. The van der Waals surface area contributed by atoms with Gasteiger partial charge in [0.2, 0.25) is 10.0 Å². The van der Waals surface area contributed by atoms with E-state index in [1.807, 2.05) is 4.72 Å². The molecule has 0 saturated heterocycles. The summed E-state index contributed by atoms with van der Waals surface area (Å²) in [5, 5.41) is 8.73. The average molecular weight is 326 g/mol. The molecule has 0 unspecified atom stereocenters. The van der Waals surface area contributed by atoms with Crippen LogP contribution in [0.1, 0.15) is 11.1 Å². The molecule has 0 saturated carbocycles. The fourth-order valence-corrected chi connectivity index (χ4v) is 2.76. The van der Waals surface area contributed by atoms with Gasteiger partial charge in [-0.2, -0.15) is 5.26 Å². The fraction of sp³-hybridized carbons (Fsp3) is 0.0714. The zero-order chi connectivity index (χ0) is 16.3. The molecule has 0 heterocycles. The summed E-state index contributed by atoms with van der Waals surface area (Å²) in [6, 6.07) is 8.19. The maximum atomic E-state index is 13.5. The van der Waals surface area contributed by atoms with E-state index in [4.69, 9.17) is 5.26 Å². The van der Waals surface area contributed by atoms with Crippen molar-refractivity contribution < 1.29 is 21.6 Å². The number of hydrogen-bond donors (Lipinski definition) is 1. The normalized spacial score (nSPS) is 11.2. The predicted molar refractivity (Wildman–Crippen MR) is 71.5 cm³/mol. The summed E-state index contributed by atoms with van der Waals surface area (Å²) in [7, 11) is -4.09. The summed E-state index contributed by atoms with van der Waals surface area (Å²) in [6.45, 7) is -0.755. The molecule has 0 fully saturated rings. The lowest BCUT2D eigenvalue weighted by molar-refractivity contribution is 0.477. The van der Waals surface area contributed by atoms with E-state index in [2.05, 4.69) is 0 Å². The SMILES string of the molecule is N#Cc1cccc(S(=O)(=O)NCc2c(F)ccc(F)c2F)c1. The van der Waals surface area contributed by atoms with Crippen molar-refractivity contribution in [2.24, 2.45) is 0 Å². The highest BCUT2D eigenvalue weighted by molar-refractivity contribution is 7.89. The van der Waals surface area contributed by atoms with Gasteiger partial charge in [0.15, 0.2) is 11.6 Å². The first-order chi connectivity index (χ1) is 10.3. The highest BCUT2D eigenvalue weighted by Gasteiger charge is 2.19. The largest absolute Gasteiger partial charge is 0.240 e. The summed E-state index contributed by atoms with van der Waals surface area (Å²) >= 11 is 0. The number of nitrogens with zero attached hydrogens (tertiary/aromatic N) is 1. The highest BCUT2D eigenvalue weighted by atomic mass is 32.2. The maximum absolute atomic E-state index is 13.5. The number of nitriles is 1. The second-order valence-electron chi connectivity index (χ2n) is 4.29. The van der Waals surface area contributed by atoms with E-state index >= 15 is 0 Å². The zero-order valence-corrected chi connectivity index (χ0v) is 11.8. The van der Waals surface area contributed by atoms with Crippen LogP contribution in [0.3, 0.4) is 0 Å². The van der Waals surface area contributed by atoms with E-state index in [1.165, 1.54) is 18.2 Å². The number of hydrogen-bond acceptors (Lipinski definition) is 3. The molecule has 0 radical (unpaired) electrons. The number of rotatable bonds is 4. The monoisotopic (exact) mass is 326 g/mol. The van der Waals surface area contributed by atoms with E-state index in [9.17, 15) is 21.6 Å². The molecule has 2 rings (SSSR count). The van der Waals surface area contributed by atoms with Crippen molar-refractivity contribution in [2.75, 3.05) is 0 Å². The molecule has 0 amide bonds. The first-order valence-electron chi connectivity index (χ1n) is 5.97. The molecule has 2 aromatic rings. The molecule has 8 heteroatoms. The summed E-state index contributed by atoms with van der Waals surface area (Å²) < 4.78 is 66.0. The van der Waals surface area contributed by atoms with Crippen LogP contribution >= 0.6 is 0 Å². The van der Waals surface area contributed by atoms with Crippen LogP contribution in [0.15, 0.2) is 41.3 Å². The number of nitrogens with one attached hydrogen (secondary N) is 1. The van der Waals surface area contributed by atoms with E-state index in [1.54, 1.807) is 6.07 Å². The molecule has 0 atom stereocenters. The lowest BCUT2D eigenvalue weighted by Crippen LogP contribution is -2.24. The van der Waals surface area contributed by atoms with Crippen LogP contribution in [0.5, 0.6) is 0 Å². The molecule has 114 valence electrons. The van der Waals surface area contributed by atoms with Crippen LogP contribution in [0, 0.1) is 28.8 Å². The van der Waals surface area contributed by atoms with Gasteiger partial charge >= 0.3 is 0 Å². The van der Waals surface area contributed by atoms with Crippen molar-refractivity contribution in [3.63, 3.8) is 0 Å². The van der Waals surface area contributed by atoms with Gasteiger partial charge in [0.25, 0.3) is 0 Å². The molecule has 0 aliphatic rings. The van der Waals surface area contributed by atoms with Gasteiger partial charge in [-0.1, -0.05) is 6.07 Å². The van der Waals surface area contributed by atoms with Gasteiger partial charge in [-0.3, -0.25) is 0 Å². The Morgan fingerprint density at radius 2 is 1.77 bits per heavy atom. The molecule has 0 bridgehead atoms. The first kappa shape index (κ1) is 16.0. The van der Waals surface area contributed by atoms with E-state index < -0.39 is 39.6 Å². The number of halogens is 3. The van der Waals surface area contributed by atoms with Crippen LogP contribution in [0.4, 0.5) is 13.2 Å². The third-order valence-electron chi connectivity index (χ3n) is 2.85. The standard InChI is InChI=1S/C14H9F3N2O2S/c15-12-4-5-13(16)14(17)11(12)8-19-22(20,21)10-3-1-2-9(6-10)7-18/h1-6,19H,8H2. The highest BCUT2D eigenvalue weighted by Crippen LogP contribution is 2.17. The predicted octanol–water partition coefficient (Wildman–Crippen LogP) is 2.45. The smallest absolute Gasteiger partial charge is 0.207 e. The van der Waals surface area contributed by atoms with Gasteiger partial charge in [-0.15, -0.1) is 0 Å². The van der Waals surface area contributed by atoms with Gasteiger partial charge in [0.1, 0.15) is 5.82 Å². The molecular formula is C14H9F3N2O2S. The van der Waals surface area contributed by atoms with Gasteiger partial charge in [-0.25, -0.2) is 26.3 Å². The molecule has 0 aliphatic heterocycles. The molecule has 2 aromatic carbocycles. The third kappa shape index (κ3) is 3.27. The van der Waals surface area contributed by atoms with Gasteiger partial charge < -0.3 is 0 Å². The third-order valence-corrected chi connectivity index (χ3v) is 4.25. The average Bonchev–Trinajstić information content (AvgIpc) is 2.51. The molecule has 0 aromatic heterocycles. The summed E-state index contributed by atoms with van der Waals surface area (Å²) in [5.41, 5.74) is -0.606. The second kappa shape index (κ2) is 6.17. The van der Waals surface area contributed by atoms with Crippen molar-refractivity contribution in [3.05, 3.63) is 65.0 Å². The van der Waals surface area contributed by atoms with Gasteiger partial charge in [0.05, 0.1) is 16.5 Å². The Bertz CT molecular complexity index is 861. The van der Waals surface area contributed by atoms with Crippen LogP contribution in [-0.2, 0) is 16.6 Å². The van der Waals surface area contributed by atoms with Crippen LogP contribution in [-0.4, -0.2) is 8.42 Å². The first-order valence-corrected chi connectivity index (χ1v) is 7.45. The van der Waals surface area contributed by atoms with Crippen LogP contribution < -0.4 is 4.72 Å². The minimum Gasteiger partial charge on any atom is -0.207 e. The lowest BCUT2D eigenvalue weighted by atomic mass is 10.2. The minimum absolute atomic E-state index is 0.117. The molecule has 0 aliphatic carbocycles. The van der Waals surface area contributed by atoms with Crippen molar-refractivity contribution in [1.82, 2.24) is 4.72 Å². The quantitative estimate of drug-likeness (QED) is 0.878.